The number of hydrogen-bond donors (Lipinski definition) is 1. The molecule has 1 heterocycles. The number of nitrogens with zero attached hydrogens (tertiary/aromatic N) is 1. The monoisotopic (exact) mass is 340 g/mol. The molecule has 0 aliphatic carbocycles. The van der Waals surface area contributed by atoms with Gasteiger partial charge in [-0.25, -0.2) is 4.98 Å². The first-order valence-corrected chi connectivity index (χ1v) is 7.38. The zero-order chi connectivity index (χ0) is 13.8. The quantitative estimate of drug-likeness (QED) is 0.927. The van der Waals surface area contributed by atoms with E-state index in [1.165, 1.54) is 11.3 Å². The fourth-order valence-electron chi connectivity index (χ4n) is 1.63. The van der Waals surface area contributed by atoms with E-state index in [2.05, 4.69) is 26.2 Å². The van der Waals surface area contributed by atoms with Crippen molar-refractivity contribution in [3.05, 3.63) is 44.8 Å². The van der Waals surface area contributed by atoms with Crippen molar-refractivity contribution in [2.24, 2.45) is 0 Å². The summed E-state index contributed by atoms with van der Waals surface area (Å²) in [7, 11) is 1.62. The first-order valence-electron chi connectivity index (χ1n) is 5.64. The van der Waals surface area contributed by atoms with Crippen LogP contribution in [0.2, 0.25) is 0 Å². The average Bonchev–Trinajstić information content (AvgIpc) is 2.92. The van der Waals surface area contributed by atoms with Crippen molar-refractivity contribution < 1.29 is 9.53 Å². The maximum absolute atomic E-state index is 11.9. The van der Waals surface area contributed by atoms with E-state index in [0.29, 0.717) is 5.69 Å². The predicted molar refractivity (Wildman–Crippen MR) is 78.7 cm³/mol. The van der Waals surface area contributed by atoms with E-state index < -0.39 is 0 Å². The van der Waals surface area contributed by atoms with Crippen molar-refractivity contribution in [2.75, 3.05) is 7.11 Å². The van der Waals surface area contributed by atoms with Crippen LogP contribution in [0.4, 0.5) is 0 Å². The van der Waals surface area contributed by atoms with Gasteiger partial charge in [-0.05, 0) is 40.5 Å². The van der Waals surface area contributed by atoms with E-state index in [-0.39, 0.29) is 11.9 Å². The number of nitrogens with one attached hydrogen (secondary N) is 1. The van der Waals surface area contributed by atoms with E-state index in [4.69, 9.17) is 4.74 Å². The molecule has 19 heavy (non-hydrogen) atoms. The Balaban J connectivity index is 2.09. The SMILES string of the molecule is COc1ccc(C(C)NC(=O)c2cscn2)cc1Br. The van der Waals surface area contributed by atoms with Gasteiger partial charge in [0.05, 0.1) is 23.1 Å². The predicted octanol–water partition coefficient (Wildman–Crippen LogP) is 3.41. The Kier molecular flexibility index (Phi) is 4.55. The lowest BCUT2D eigenvalue weighted by atomic mass is 10.1. The second-order valence-electron chi connectivity index (χ2n) is 3.96. The summed E-state index contributed by atoms with van der Waals surface area (Å²) in [6.07, 6.45) is 0. The van der Waals surface area contributed by atoms with Crippen LogP contribution in [0.5, 0.6) is 5.75 Å². The van der Waals surface area contributed by atoms with E-state index in [0.717, 1.165) is 15.8 Å². The lowest BCUT2D eigenvalue weighted by molar-refractivity contribution is 0.0935. The minimum atomic E-state index is -0.166. The molecule has 1 N–H and O–H groups in total. The van der Waals surface area contributed by atoms with Crippen LogP contribution in [0.25, 0.3) is 0 Å². The largest absolute Gasteiger partial charge is 0.496 e. The number of hydrogen-bond acceptors (Lipinski definition) is 4. The van der Waals surface area contributed by atoms with Gasteiger partial charge in [-0.1, -0.05) is 6.07 Å². The smallest absolute Gasteiger partial charge is 0.271 e. The van der Waals surface area contributed by atoms with E-state index in [9.17, 15) is 4.79 Å². The minimum absolute atomic E-state index is 0.101. The number of benzene rings is 1. The Bertz CT molecular complexity index is 572. The van der Waals surface area contributed by atoms with Crippen LogP contribution in [0.3, 0.4) is 0 Å². The van der Waals surface area contributed by atoms with Crippen LogP contribution in [-0.4, -0.2) is 18.0 Å². The molecular weight excluding hydrogens is 328 g/mol. The van der Waals surface area contributed by atoms with Gasteiger partial charge in [0, 0.05) is 5.38 Å². The Morgan fingerprint density at radius 1 is 1.53 bits per heavy atom. The summed E-state index contributed by atoms with van der Waals surface area (Å²) in [5.74, 6) is 0.600. The Labute approximate surface area is 124 Å². The molecule has 0 aliphatic rings. The van der Waals surface area contributed by atoms with Gasteiger partial charge in [0.15, 0.2) is 0 Å². The first-order chi connectivity index (χ1) is 9.11. The third-order valence-electron chi connectivity index (χ3n) is 2.69. The summed E-state index contributed by atoms with van der Waals surface area (Å²) < 4.78 is 6.04. The van der Waals surface area contributed by atoms with Crippen molar-refractivity contribution in [3.8, 4) is 5.75 Å². The molecule has 0 fully saturated rings. The van der Waals surface area contributed by atoms with Crippen molar-refractivity contribution in [1.29, 1.82) is 0 Å². The standard InChI is InChI=1S/C13H13BrN2O2S/c1-8(16-13(17)11-6-19-7-15-11)9-3-4-12(18-2)10(14)5-9/h3-8H,1-2H3,(H,16,17). The third kappa shape index (κ3) is 3.33. The normalized spacial score (nSPS) is 11.9. The highest BCUT2D eigenvalue weighted by Crippen LogP contribution is 2.28. The molecule has 0 saturated heterocycles. The highest BCUT2D eigenvalue weighted by molar-refractivity contribution is 9.10. The molecule has 1 atom stereocenters. The molecule has 1 unspecified atom stereocenters. The van der Waals surface area contributed by atoms with Crippen LogP contribution >= 0.6 is 27.3 Å². The number of methoxy groups -OCH3 is 1. The van der Waals surface area contributed by atoms with Gasteiger partial charge in [0.25, 0.3) is 5.91 Å². The van der Waals surface area contributed by atoms with Crippen molar-refractivity contribution in [1.82, 2.24) is 10.3 Å². The van der Waals surface area contributed by atoms with Gasteiger partial charge in [-0.3, -0.25) is 4.79 Å². The Morgan fingerprint density at radius 3 is 2.89 bits per heavy atom. The van der Waals surface area contributed by atoms with E-state index in [1.54, 1.807) is 18.0 Å². The molecule has 4 nitrogen and oxygen atoms in total. The zero-order valence-corrected chi connectivity index (χ0v) is 12.9. The van der Waals surface area contributed by atoms with Crippen LogP contribution < -0.4 is 10.1 Å². The molecule has 0 aliphatic heterocycles. The number of carbonyl (C=O) groups is 1. The molecule has 1 aromatic heterocycles. The zero-order valence-electron chi connectivity index (χ0n) is 10.5. The van der Waals surface area contributed by atoms with Gasteiger partial charge >= 0.3 is 0 Å². The summed E-state index contributed by atoms with van der Waals surface area (Å²) in [6, 6.07) is 5.63. The van der Waals surface area contributed by atoms with Gasteiger partial charge < -0.3 is 10.1 Å². The second kappa shape index (κ2) is 6.16. The van der Waals surface area contributed by atoms with Crippen molar-refractivity contribution in [2.45, 2.75) is 13.0 Å². The number of ether oxygens (including phenoxy) is 1. The number of carbonyl (C=O) groups excluding carboxylic acids is 1. The van der Waals surface area contributed by atoms with Gasteiger partial charge in [-0.2, -0.15) is 0 Å². The number of halogens is 1. The van der Waals surface area contributed by atoms with Crippen molar-refractivity contribution in [3.63, 3.8) is 0 Å². The molecule has 0 saturated carbocycles. The molecule has 1 amide bonds. The Hall–Kier alpha value is -1.40. The van der Waals surface area contributed by atoms with Crippen LogP contribution in [0.1, 0.15) is 29.0 Å². The Morgan fingerprint density at radius 2 is 2.32 bits per heavy atom. The fourth-order valence-corrected chi connectivity index (χ4v) is 2.72. The third-order valence-corrected chi connectivity index (χ3v) is 3.89. The molecule has 0 spiro atoms. The number of rotatable bonds is 4. The van der Waals surface area contributed by atoms with Crippen molar-refractivity contribution >= 4 is 33.2 Å². The maximum atomic E-state index is 11.9. The van der Waals surface area contributed by atoms with Crippen LogP contribution in [0, 0.1) is 0 Å². The molecule has 1 aromatic carbocycles. The van der Waals surface area contributed by atoms with E-state index in [1.807, 2.05) is 25.1 Å². The summed E-state index contributed by atoms with van der Waals surface area (Å²) in [4.78, 5) is 15.9. The van der Waals surface area contributed by atoms with Crippen LogP contribution in [-0.2, 0) is 0 Å². The molecule has 0 bridgehead atoms. The molecule has 2 rings (SSSR count). The number of aromatic nitrogens is 1. The maximum Gasteiger partial charge on any atom is 0.271 e. The summed E-state index contributed by atoms with van der Waals surface area (Å²) >= 11 is 4.83. The number of thiazole rings is 1. The molecule has 2 aromatic rings. The topological polar surface area (TPSA) is 51.2 Å². The fraction of sp³-hybridized carbons (Fsp3) is 0.231. The molecular formula is C13H13BrN2O2S. The molecule has 100 valence electrons. The highest BCUT2D eigenvalue weighted by atomic mass is 79.9. The first kappa shape index (κ1) is 14.0. The van der Waals surface area contributed by atoms with Gasteiger partial charge in [-0.15, -0.1) is 11.3 Å². The molecule has 6 heteroatoms. The van der Waals surface area contributed by atoms with Gasteiger partial charge in [0.2, 0.25) is 0 Å². The lowest BCUT2D eigenvalue weighted by Gasteiger charge is -2.15. The summed E-state index contributed by atoms with van der Waals surface area (Å²) in [6.45, 7) is 1.93. The minimum Gasteiger partial charge on any atom is -0.496 e. The summed E-state index contributed by atoms with van der Waals surface area (Å²) in [5, 5.41) is 4.64. The number of amides is 1. The molecule has 0 radical (unpaired) electrons. The highest BCUT2D eigenvalue weighted by Gasteiger charge is 2.13. The van der Waals surface area contributed by atoms with Gasteiger partial charge in [0.1, 0.15) is 11.4 Å². The average molecular weight is 341 g/mol. The van der Waals surface area contributed by atoms with Crippen LogP contribution in [0.15, 0.2) is 33.6 Å². The lowest BCUT2D eigenvalue weighted by Crippen LogP contribution is -2.26. The second-order valence-corrected chi connectivity index (χ2v) is 5.54. The summed E-state index contributed by atoms with van der Waals surface area (Å²) in [5.41, 5.74) is 3.09. The van der Waals surface area contributed by atoms with E-state index >= 15 is 0 Å².